The number of hydrogen-bond acceptors (Lipinski definition) is 3. The van der Waals surface area contributed by atoms with Crippen molar-refractivity contribution < 1.29 is 4.74 Å². The van der Waals surface area contributed by atoms with Crippen molar-refractivity contribution in [2.45, 2.75) is 65.3 Å². The molecule has 3 heteroatoms. The Balaban J connectivity index is 2.70. The second-order valence-corrected chi connectivity index (χ2v) is 6.72. The van der Waals surface area contributed by atoms with E-state index in [-0.39, 0.29) is 5.54 Å². The van der Waals surface area contributed by atoms with Gasteiger partial charge in [0, 0.05) is 25.2 Å². The molecule has 3 nitrogen and oxygen atoms in total. The number of ether oxygens (including phenoxy) is 1. The minimum absolute atomic E-state index is 0.208. The highest BCUT2D eigenvalue weighted by atomic mass is 16.5. The van der Waals surface area contributed by atoms with Gasteiger partial charge >= 0.3 is 0 Å². The highest BCUT2D eigenvalue weighted by molar-refractivity contribution is 4.95. The molecule has 0 aromatic rings. The molecule has 0 spiro atoms. The maximum absolute atomic E-state index is 6.19. The standard InChI is InChI=1S/C16H34N2O/c1-5-18(12-13-19-6-2)16(14-17)9-7-8-15(3,4)10-11-16/h5-14,17H2,1-4H3. The van der Waals surface area contributed by atoms with Gasteiger partial charge in [0.05, 0.1) is 6.61 Å². The van der Waals surface area contributed by atoms with E-state index in [9.17, 15) is 0 Å². The minimum atomic E-state index is 0.208. The second-order valence-electron chi connectivity index (χ2n) is 6.72. The Bertz CT molecular complexity index is 255. The highest BCUT2D eigenvalue weighted by Crippen LogP contribution is 2.40. The summed E-state index contributed by atoms with van der Waals surface area (Å²) in [7, 11) is 0. The lowest BCUT2D eigenvalue weighted by Crippen LogP contribution is -2.54. The van der Waals surface area contributed by atoms with Gasteiger partial charge in [0.25, 0.3) is 0 Å². The summed E-state index contributed by atoms with van der Waals surface area (Å²) in [4.78, 5) is 2.57. The Hall–Kier alpha value is -0.120. The van der Waals surface area contributed by atoms with Gasteiger partial charge in [-0.25, -0.2) is 0 Å². The van der Waals surface area contributed by atoms with E-state index in [1.165, 1.54) is 32.1 Å². The Labute approximate surface area is 119 Å². The molecule has 0 bridgehead atoms. The maximum Gasteiger partial charge on any atom is 0.0593 e. The Morgan fingerprint density at radius 2 is 1.84 bits per heavy atom. The predicted molar refractivity (Wildman–Crippen MR) is 82.4 cm³/mol. The lowest BCUT2D eigenvalue weighted by atomic mass is 9.83. The second kappa shape index (κ2) is 7.61. The van der Waals surface area contributed by atoms with Crippen LogP contribution in [-0.2, 0) is 4.74 Å². The summed E-state index contributed by atoms with van der Waals surface area (Å²) in [6.45, 7) is 13.6. The van der Waals surface area contributed by atoms with E-state index in [0.717, 1.165) is 32.8 Å². The van der Waals surface area contributed by atoms with Crippen LogP contribution in [0, 0.1) is 5.41 Å². The van der Waals surface area contributed by atoms with Crippen LogP contribution in [0.15, 0.2) is 0 Å². The molecule has 1 aliphatic carbocycles. The summed E-state index contributed by atoms with van der Waals surface area (Å²) in [6.07, 6.45) is 6.39. The van der Waals surface area contributed by atoms with Crippen molar-refractivity contribution in [2.75, 3.05) is 32.8 Å². The zero-order valence-electron chi connectivity index (χ0n) is 13.5. The molecule has 1 atom stereocenters. The van der Waals surface area contributed by atoms with Crippen molar-refractivity contribution in [2.24, 2.45) is 11.1 Å². The number of hydrogen-bond donors (Lipinski definition) is 1. The van der Waals surface area contributed by atoms with Gasteiger partial charge in [0.15, 0.2) is 0 Å². The van der Waals surface area contributed by atoms with Crippen molar-refractivity contribution in [1.29, 1.82) is 0 Å². The fraction of sp³-hybridized carbons (Fsp3) is 1.00. The molecule has 0 radical (unpaired) electrons. The Kier molecular flexibility index (Phi) is 6.78. The van der Waals surface area contributed by atoms with Gasteiger partial charge in [-0.05, 0) is 44.6 Å². The molecule has 1 unspecified atom stereocenters. The van der Waals surface area contributed by atoms with Crippen molar-refractivity contribution >= 4 is 0 Å². The van der Waals surface area contributed by atoms with E-state index < -0.39 is 0 Å². The van der Waals surface area contributed by atoms with Gasteiger partial charge < -0.3 is 10.5 Å². The van der Waals surface area contributed by atoms with Crippen molar-refractivity contribution in [3.63, 3.8) is 0 Å². The molecule has 0 aromatic carbocycles. The smallest absolute Gasteiger partial charge is 0.0593 e. The van der Waals surface area contributed by atoms with Gasteiger partial charge in [-0.1, -0.05) is 27.2 Å². The molecule has 1 rings (SSSR count). The van der Waals surface area contributed by atoms with E-state index in [1.54, 1.807) is 0 Å². The normalized spacial score (nSPS) is 27.5. The fourth-order valence-electron chi connectivity index (χ4n) is 3.42. The first-order valence-corrected chi connectivity index (χ1v) is 8.02. The van der Waals surface area contributed by atoms with Crippen molar-refractivity contribution in [3.8, 4) is 0 Å². The summed E-state index contributed by atoms with van der Waals surface area (Å²) in [5.74, 6) is 0. The number of likely N-dealkylation sites (N-methyl/N-ethyl adjacent to an activating group) is 1. The first-order valence-electron chi connectivity index (χ1n) is 8.02. The predicted octanol–water partition coefficient (Wildman–Crippen LogP) is 3.03. The van der Waals surface area contributed by atoms with Gasteiger partial charge in [-0.3, -0.25) is 4.90 Å². The molecule has 0 saturated heterocycles. The first-order chi connectivity index (χ1) is 8.99. The SMILES string of the molecule is CCOCCN(CC)C1(CN)CCCC(C)(C)CC1. The van der Waals surface area contributed by atoms with E-state index in [2.05, 4.69) is 32.6 Å². The molecule has 2 N–H and O–H groups in total. The van der Waals surface area contributed by atoms with Gasteiger partial charge in [-0.15, -0.1) is 0 Å². The quantitative estimate of drug-likeness (QED) is 0.571. The van der Waals surface area contributed by atoms with Crippen molar-refractivity contribution in [3.05, 3.63) is 0 Å². The topological polar surface area (TPSA) is 38.5 Å². The molecule has 19 heavy (non-hydrogen) atoms. The Morgan fingerprint density at radius 3 is 2.42 bits per heavy atom. The monoisotopic (exact) mass is 270 g/mol. The van der Waals surface area contributed by atoms with E-state index in [1.807, 2.05) is 0 Å². The molecule has 0 aromatic heterocycles. The molecule has 1 saturated carbocycles. The number of nitrogens with two attached hydrogens (primary N) is 1. The van der Waals surface area contributed by atoms with Gasteiger partial charge in [-0.2, -0.15) is 0 Å². The van der Waals surface area contributed by atoms with Crippen LogP contribution in [0.3, 0.4) is 0 Å². The molecule has 0 aliphatic heterocycles. The summed E-state index contributed by atoms with van der Waals surface area (Å²) >= 11 is 0. The van der Waals surface area contributed by atoms with Crippen LogP contribution < -0.4 is 5.73 Å². The lowest BCUT2D eigenvalue weighted by molar-refractivity contribution is 0.0410. The summed E-state index contributed by atoms with van der Waals surface area (Å²) in [6, 6.07) is 0. The third-order valence-corrected chi connectivity index (χ3v) is 4.90. The van der Waals surface area contributed by atoms with Crippen molar-refractivity contribution in [1.82, 2.24) is 4.90 Å². The van der Waals surface area contributed by atoms with Gasteiger partial charge in [0.1, 0.15) is 0 Å². The van der Waals surface area contributed by atoms with E-state index in [4.69, 9.17) is 10.5 Å². The first kappa shape index (κ1) is 16.9. The summed E-state index contributed by atoms with van der Waals surface area (Å²) < 4.78 is 5.54. The average Bonchev–Trinajstić information content (AvgIpc) is 2.54. The molecular formula is C16H34N2O. The minimum Gasteiger partial charge on any atom is -0.380 e. The average molecular weight is 270 g/mol. The van der Waals surface area contributed by atoms with Crippen LogP contribution in [0.4, 0.5) is 0 Å². The molecule has 114 valence electrons. The molecule has 0 amide bonds. The zero-order chi connectivity index (χ0) is 14.4. The largest absolute Gasteiger partial charge is 0.380 e. The van der Waals surface area contributed by atoms with Crippen LogP contribution in [0.1, 0.15) is 59.8 Å². The third-order valence-electron chi connectivity index (χ3n) is 4.90. The van der Waals surface area contributed by atoms with Crippen LogP contribution in [0.25, 0.3) is 0 Å². The number of rotatable bonds is 7. The third kappa shape index (κ3) is 4.73. The van der Waals surface area contributed by atoms with Gasteiger partial charge in [0.2, 0.25) is 0 Å². The van der Waals surface area contributed by atoms with Crippen LogP contribution in [0.2, 0.25) is 0 Å². The molecule has 0 heterocycles. The Morgan fingerprint density at radius 1 is 1.11 bits per heavy atom. The fourth-order valence-corrected chi connectivity index (χ4v) is 3.42. The van der Waals surface area contributed by atoms with E-state index in [0.29, 0.717) is 5.41 Å². The molecule has 1 aliphatic rings. The number of nitrogens with zero attached hydrogens (tertiary/aromatic N) is 1. The molecular weight excluding hydrogens is 236 g/mol. The molecule has 1 fully saturated rings. The lowest BCUT2D eigenvalue weighted by Gasteiger charge is -2.43. The van der Waals surface area contributed by atoms with E-state index >= 15 is 0 Å². The summed E-state index contributed by atoms with van der Waals surface area (Å²) in [5, 5.41) is 0. The zero-order valence-corrected chi connectivity index (χ0v) is 13.5. The highest BCUT2D eigenvalue weighted by Gasteiger charge is 2.38. The van der Waals surface area contributed by atoms with Crippen LogP contribution >= 0.6 is 0 Å². The summed E-state index contributed by atoms with van der Waals surface area (Å²) in [5.41, 5.74) is 6.88. The maximum atomic E-state index is 6.19. The van der Waals surface area contributed by atoms with Crippen LogP contribution in [-0.4, -0.2) is 43.3 Å². The van der Waals surface area contributed by atoms with Crippen LogP contribution in [0.5, 0.6) is 0 Å².